The van der Waals surface area contributed by atoms with Crippen molar-refractivity contribution in [2.45, 2.75) is 25.8 Å². The smallest absolute Gasteiger partial charge is 0.261 e. The van der Waals surface area contributed by atoms with Crippen LogP contribution in [0.4, 0.5) is 5.69 Å². The van der Waals surface area contributed by atoms with Crippen molar-refractivity contribution < 1.29 is 0 Å². The van der Waals surface area contributed by atoms with E-state index in [9.17, 15) is 4.79 Å². The first-order valence-electron chi connectivity index (χ1n) is 12.9. The van der Waals surface area contributed by atoms with Crippen molar-refractivity contribution in [3.05, 3.63) is 81.6 Å². The SMILES string of the molecule is Cc1ccccc1-c1cc(Cl)cc2[nH]c(=O)c(-c3nc4ccccc4[nH]3)c(N[C@H]3CN4CCC3CC4)c12. The predicted octanol–water partition coefficient (Wildman–Crippen LogP) is 6.21. The minimum atomic E-state index is -0.187. The Balaban J connectivity index is 1.53. The van der Waals surface area contributed by atoms with Gasteiger partial charge in [-0.1, -0.05) is 48.0 Å². The third-order valence-electron chi connectivity index (χ3n) is 8.13. The van der Waals surface area contributed by atoms with Crippen molar-refractivity contribution in [1.29, 1.82) is 0 Å². The normalized spacial score (nSPS) is 21.1. The lowest BCUT2D eigenvalue weighted by Crippen LogP contribution is -2.53. The number of imidazole rings is 1. The van der Waals surface area contributed by atoms with Crippen LogP contribution in [0.5, 0.6) is 0 Å². The molecule has 2 bridgehead atoms. The molecule has 3 aliphatic heterocycles. The molecule has 3 aromatic carbocycles. The molecule has 7 heteroatoms. The van der Waals surface area contributed by atoms with Crippen LogP contribution in [0.15, 0.2) is 65.5 Å². The molecule has 1 atom stereocenters. The second kappa shape index (κ2) is 8.75. The summed E-state index contributed by atoms with van der Waals surface area (Å²) in [6.07, 6.45) is 2.35. The molecule has 0 radical (unpaired) electrons. The maximum atomic E-state index is 13.7. The number of aromatic nitrogens is 3. The van der Waals surface area contributed by atoms with E-state index in [0.717, 1.165) is 63.9 Å². The van der Waals surface area contributed by atoms with E-state index in [1.54, 1.807) is 0 Å². The average molecular weight is 510 g/mol. The van der Waals surface area contributed by atoms with E-state index < -0.39 is 0 Å². The van der Waals surface area contributed by atoms with Gasteiger partial charge >= 0.3 is 0 Å². The van der Waals surface area contributed by atoms with Gasteiger partial charge in [-0.3, -0.25) is 4.79 Å². The number of H-pyrrole nitrogens is 2. The highest BCUT2D eigenvalue weighted by molar-refractivity contribution is 6.32. The van der Waals surface area contributed by atoms with Crippen molar-refractivity contribution in [1.82, 2.24) is 19.9 Å². The molecule has 186 valence electrons. The highest BCUT2D eigenvalue weighted by Crippen LogP contribution is 2.41. The minimum Gasteiger partial charge on any atom is -0.379 e. The summed E-state index contributed by atoms with van der Waals surface area (Å²) in [6.45, 7) is 5.39. The number of para-hydroxylation sites is 2. The van der Waals surface area contributed by atoms with Crippen LogP contribution in [-0.4, -0.2) is 45.5 Å². The molecule has 5 heterocycles. The Bertz CT molecular complexity index is 1680. The maximum absolute atomic E-state index is 13.7. The number of anilines is 1. The second-order valence-electron chi connectivity index (χ2n) is 10.4. The van der Waals surface area contributed by atoms with Crippen LogP contribution in [0.25, 0.3) is 44.5 Å². The van der Waals surface area contributed by atoms with Gasteiger partial charge in [0.05, 0.1) is 22.2 Å². The van der Waals surface area contributed by atoms with Gasteiger partial charge in [0.15, 0.2) is 0 Å². The summed E-state index contributed by atoms with van der Waals surface area (Å²) in [5.41, 5.74) is 6.88. The summed E-state index contributed by atoms with van der Waals surface area (Å²) in [5, 5.41) is 5.44. The minimum absolute atomic E-state index is 0.187. The molecule has 5 aromatic rings. The number of nitrogens with one attached hydrogen (secondary N) is 3. The van der Waals surface area contributed by atoms with E-state index in [-0.39, 0.29) is 11.6 Å². The highest BCUT2D eigenvalue weighted by atomic mass is 35.5. The van der Waals surface area contributed by atoms with Gasteiger partial charge in [-0.25, -0.2) is 4.98 Å². The summed E-state index contributed by atoms with van der Waals surface area (Å²) >= 11 is 6.62. The zero-order valence-electron chi connectivity index (χ0n) is 20.6. The van der Waals surface area contributed by atoms with Crippen LogP contribution in [-0.2, 0) is 0 Å². The zero-order chi connectivity index (χ0) is 25.1. The third kappa shape index (κ3) is 3.83. The van der Waals surface area contributed by atoms with Crippen molar-refractivity contribution >= 4 is 39.2 Å². The van der Waals surface area contributed by atoms with Crippen LogP contribution in [0.1, 0.15) is 18.4 Å². The fourth-order valence-corrected chi connectivity index (χ4v) is 6.46. The van der Waals surface area contributed by atoms with Gasteiger partial charge in [0.25, 0.3) is 5.56 Å². The quantitative estimate of drug-likeness (QED) is 0.269. The molecule has 3 aliphatic rings. The van der Waals surface area contributed by atoms with Gasteiger partial charge in [0.2, 0.25) is 0 Å². The summed E-state index contributed by atoms with van der Waals surface area (Å²) in [4.78, 5) is 27.6. The summed E-state index contributed by atoms with van der Waals surface area (Å²) < 4.78 is 0. The van der Waals surface area contributed by atoms with Crippen LogP contribution < -0.4 is 10.9 Å². The standard InChI is InChI=1S/C30H28ClN5O/c1-17-6-2-3-7-20(17)21-14-19(31)15-24-26(21)28(32-25-16-36-12-10-18(25)11-13-36)27(30(37)35-24)29-33-22-8-4-5-9-23(22)34-29/h2-9,14-15,18,25H,10-13,16H2,1H3,(H,33,34)(H2,32,35,37)/t25-/m0/s1. The molecule has 3 saturated heterocycles. The molecule has 0 aliphatic carbocycles. The molecular formula is C30H28ClN5O. The van der Waals surface area contributed by atoms with Gasteiger partial charge in [-0.05, 0) is 79.7 Å². The van der Waals surface area contributed by atoms with E-state index in [1.165, 1.54) is 12.8 Å². The highest BCUT2D eigenvalue weighted by Gasteiger charge is 2.35. The van der Waals surface area contributed by atoms with E-state index >= 15 is 0 Å². The molecule has 0 amide bonds. The number of aryl methyl sites for hydroxylation is 1. The Morgan fingerprint density at radius 1 is 0.973 bits per heavy atom. The van der Waals surface area contributed by atoms with Crippen LogP contribution in [0.3, 0.4) is 0 Å². The average Bonchev–Trinajstić information content (AvgIpc) is 3.33. The van der Waals surface area contributed by atoms with Crippen molar-refractivity contribution in [3.63, 3.8) is 0 Å². The number of aromatic amines is 2. The largest absolute Gasteiger partial charge is 0.379 e. The molecule has 0 spiro atoms. The fraction of sp³-hybridized carbons (Fsp3) is 0.267. The molecule has 6 nitrogen and oxygen atoms in total. The van der Waals surface area contributed by atoms with Gasteiger partial charge < -0.3 is 20.2 Å². The number of piperidine rings is 3. The molecule has 8 rings (SSSR count). The third-order valence-corrected chi connectivity index (χ3v) is 8.34. The summed E-state index contributed by atoms with van der Waals surface area (Å²) in [5.74, 6) is 1.15. The van der Waals surface area contributed by atoms with Crippen molar-refractivity contribution in [2.24, 2.45) is 5.92 Å². The molecule has 3 N–H and O–H groups in total. The second-order valence-corrected chi connectivity index (χ2v) is 10.8. The molecule has 0 unspecified atom stereocenters. The van der Waals surface area contributed by atoms with Crippen LogP contribution >= 0.6 is 11.6 Å². The first-order valence-corrected chi connectivity index (χ1v) is 13.3. The Kier molecular flexibility index (Phi) is 5.34. The van der Waals surface area contributed by atoms with Gasteiger partial charge in [-0.15, -0.1) is 0 Å². The van der Waals surface area contributed by atoms with Gasteiger partial charge in [0, 0.05) is 23.0 Å². The lowest BCUT2D eigenvalue weighted by molar-refractivity contribution is 0.0976. The lowest BCUT2D eigenvalue weighted by atomic mass is 9.83. The van der Waals surface area contributed by atoms with Crippen LogP contribution in [0.2, 0.25) is 5.02 Å². The van der Waals surface area contributed by atoms with Crippen LogP contribution in [0, 0.1) is 12.8 Å². The van der Waals surface area contributed by atoms with Gasteiger partial charge in [0.1, 0.15) is 11.4 Å². The lowest BCUT2D eigenvalue weighted by Gasteiger charge is -2.45. The number of fused-ring (bicyclic) bond motifs is 5. The Morgan fingerprint density at radius 3 is 2.51 bits per heavy atom. The van der Waals surface area contributed by atoms with Crippen molar-refractivity contribution in [3.8, 4) is 22.5 Å². The Labute approximate surface area is 219 Å². The van der Waals surface area contributed by atoms with E-state index in [4.69, 9.17) is 16.6 Å². The fourth-order valence-electron chi connectivity index (χ4n) is 6.24. The van der Waals surface area contributed by atoms with E-state index in [1.807, 2.05) is 48.5 Å². The summed E-state index contributed by atoms with van der Waals surface area (Å²) in [6, 6.07) is 20.3. The topological polar surface area (TPSA) is 76.8 Å². The molecule has 0 saturated carbocycles. The van der Waals surface area contributed by atoms with E-state index in [2.05, 4.69) is 39.2 Å². The first-order chi connectivity index (χ1) is 18.0. The Hall–Kier alpha value is -3.61. The number of nitrogens with zero attached hydrogens (tertiary/aromatic N) is 2. The molecule has 2 aromatic heterocycles. The number of rotatable bonds is 4. The van der Waals surface area contributed by atoms with Gasteiger partial charge in [-0.2, -0.15) is 0 Å². The molecule has 37 heavy (non-hydrogen) atoms. The first kappa shape index (κ1) is 22.6. The number of pyridine rings is 1. The zero-order valence-corrected chi connectivity index (χ0v) is 21.4. The number of halogens is 1. The number of benzene rings is 3. The monoisotopic (exact) mass is 509 g/mol. The molecule has 3 fully saturated rings. The van der Waals surface area contributed by atoms with Crippen molar-refractivity contribution in [2.75, 3.05) is 25.0 Å². The molecular weight excluding hydrogens is 482 g/mol. The number of hydrogen-bond donors (Lipinski definition) is 3. The number of hydrogen-bond acceptors (Lipinski definition) is 4. The maximum Gasteiger partial charge on any atom is 0.261 e. The summed E-state index contributed by atoms with van der Waals surface area (Å²) in [7, 11) is 0. The van der Waals surface area contributed by atoms with E-state index in [0.29, 0.717) is 22.3 Å². The predicted molar refractivity (Wildman–Crippen MR) is 151 cm³/mol. The Morgan fingerprint density at radius 2 is 1.76 bits per heavy atom.